The van der Waals surface area contributed by atoms with Crippen molar-refractivity contribution in [3.8, 4) is 0 Å². The molecule has 0 spiro atoms. The van der Waals surface area contributed by atoms with E-state index in [9.17, 15) is 13.2 Å². The van der Waals surface area contributed by atoms with E-state index < -0.39 is 28.4 Å². The molecule has 7 nitrogen and oxygen atoms in total. The number of hydrogen-bond acceptors (Lipinski definition) is 6. The number of likely N-dealkylation sites (tertiary alicyclic amines) is 1. The van der Waals surface area contributed by atoms with Crippen molar-refractivity contribution in [1.29, 1.82) is 0 Å². The average Bonchev–Trinajstić information content (AvgIpc) is 3.09. The molecule has 8 heteroatoms. The Balaban J connectivity index is 1.62. The zero-order chi connectivity index (χ0) is 20.1. The highest BCUT2D eigenvalue weighted by Crippen LogP contribution is 2.23. The molecule has 0 aromatic heterocycles. The predicted molar refractivity (Wildman–Crippen MR) is 102 cm³/mol. The number of rotatable bonds is 6. The van der Waals surface area contributed by atoms with Gasteiger partial charge in [-0.1, -0.05) is 48.0 Å². The fourth-order valence-electron chi connectivity index (χ4n) is 2.95. The minimum atomic E-state index is -3.97. The molecule has 1 saturated heterocycles. The van der Waals surface area contributed by atoms with Gasteiger partial charge >= 0.3 is 6.09 Å². The molecule has 1 aliphatic rings. The highest BCUT2D eigenvalue weighted by molar-refractivity contribution is 7.86. The summed E-state index contributed by atoms with van der Waals surface area (Å²) in [4.78, 5) is 13.8. The number of methoxy groups -OCH3 is 1. The smallest absolute Gasteiger partial charge is 0.410 e. The lowest BCUT2D eigenvalue weighted by Crippen LogP contribution is -2.31. The average molecular weight is 405 g/mol. The lowest BCUT2D eigenvalue weighted by Gasteiger charge is -2.17. The molecule has 2 aromatic rings. The van der Waals surface area contributed by atoms with Gasteiger partial charge in [-0.15, -0.1) is 0 Å². The van der Waals surface area contributed by atoms with Gasteiger partial charge in [0.25, 0.3) is 10.1 Å². The predicted octanol–water partition coefficient (Wildman–Crippen LogP) is 2.74. The van der Waals surface area contributed by atoms with Gasteiger partial charge in [0.05, 0.1) is 18.0 Å². The first-order valence-corrected chi connectivity index (χ1v) is 10.3. The number of aryl methyl sites for hydroxylation is 1. The van der Waals surface area contributed by atoms with E-state index in [1.807, 2.05) is 37.3 Å². The largest absolute Gasteiger partial charge is 0.445 e. The van der Waals surface area contributed by atoms with Gasteiger partial charge in [0, 0.05) is 7.11 Å². The van der Waals surface area contributed by atoms with Crippen LogP contribution in [0, 0.1) is 6.92 Å². The van der Waals surface area contributed by atoms with Crippen LogP contribution >= 0.6 is 0 Å². The number of hydrogen-bond donors (Lipinski definition) is 0. The van der Waals surface area contributed by atoms with Crippen molar-refractivity contribution in [3.63, 3.8) is 0 Å². The maximum Gasteiger partial charge on any atom is 0.410 e. The van der Waals surface area contributed by atoms with Crippen LogP contribution in [0.5, 0.6) is 0 Å². The van der Waals surface area contributed by atoms with Crippen LogP contribution in [0.3, 0.4) is 0 Å². The molecular formula is C20H23NO6S. The van der Waals surface area contributed by atoms with E-state index in [0.717, 1.165) is 11.1 Å². The Morgan fingerprint density at radius 2 is 1.68 bits per heavy atom. The van der Waals surface area contributed by atoms with Crippen molar-refractivity contribution in [2.75, 3.05) is 20.2 Å². The Morgan fingerprint density at radius 1 is 1.04 bits per heavy atom. The molecule has 1 heterocycles. The minimum Gasteiger partial charge on any atom is -0.445 e. The van der Waals surface area contributed by atoms with Crippen LogP contribution in [0.15, 0.2) is 59.5 Å². The first-order valence-electron chi connectivity index (χ1n) is 8.87. The number of amides is 1. The third-order valence-corrected chi connectivity index (χ3v) is 5.89. The lowest BCUT2D eigenvalue weighted by molar-refractivity contribution is 0.0368. The Morgan fingerprint density at radius 3 is 2.32 bits per heavy atom. The number of ether oxygens (including phenoxy) is 2. The van der Waals surface area contributed by atoms with E-state index in [4.69, 9.17) is 13.7 Å². The van der Waals surface area contributed by atoms with Crippen molar-refractivity contribution in [2.45, 2.75) is 30.6 Å². The number of benzene rings is 2. The van der Waals surface area contributed by atoms with E-state index in [-0.39, 0.29) is 24.6 Å². The van der Waals surface area contributed by atoms with E-state index in [1.54, 1.807) is 12.1 Å². The maximum atomic E-state index is 12.5. The van der Waals surface area contributed by atoms with Gasteiger partial charge in [0.1, 0.15) is 18.8 Å². The molecule has 0 unspecified atom stereocenters. The number of carbonyl (C=O) groups excluding carboxylic acids is 1. The normalized spacial score (nSPS) is 19.6. The van der Waals surface area contributed by atoms with Crippen molar-refractivity contribution < 1.29 is 26.9 Å². The highest BCUT2D eigenvalue weighted by atomic mass is 32.2. The van der Waals surface area contributed by atoms with Gasteiger partial charge in [-0.25, -0.2) is 4.79 Å². The first-order chi connectivity index (χ1) is 13.4. The van der Waals surface area contributed by atoms with Gasteiger partial charge in [0.15, 0.2) is 0 Å². The second-order valence-corrected chi connectivity index (χ2v) is 8.19. The lowest BCUT2D eigenvalue weighted by atomic mass is 10.2. The molecule has 1 amide bonds. The van der Waals surface area contributed by atoms with E-state index in [0.29, 0.717) is 0 Å². The molecule has 28 heavy (non-hydrogen) atoms. The SMILES string of the molecule is CO[C@@H]1CN(C(=O)OCc2ccccc2)C[C@H]1OS(=O)(=O)c1ccc(C)cc1. The van der Waals surface area contributed by atoms with Crippen LogP contribution in [0.2, 0.25) is 0 Å². The highest BCUT2D eigenvalue weighted by Gasteiger charge is 2.40. The van der Waals surface area contributed by atoms with Crippen LogP contribution in [0.1, 0.15) is 11.1 Å². The molecule has 0 N–H and O–H groups in total. The van der Waals surface area contributed by atoms with E-state index in [2.05, 4.69) is 0 Å². The summed E-state index contributed by atoms with van der Waals surface area (Å²) in [6, 6.07) is 15.7. The number of carbonyl (C=O) groups is 1. The van der Waals surface area contributed by atoms with Gasteiger partial charge in [-0.3, -0.25) is 4.18 Å². The van der Waals surface area contributed by atoms with Crippen molar-refractivity contribution in [3.05, 3.63) is 65.7 Å². The molecule has 0 radical (unpaired) electrons. The second kappa shape index (κ2) is 8.72. The van der Waals surface area contributed by atoms with Crippen molar-refractivity contribution in [1.82, 2.24) is 4.90 Å². The van der Waals surface area contributed by atoms with Crippen LogP contribution in [0.4, 0.5) is 4.79 Å². The minimum absolute atomic E-state index is 0.0667. The summed E-state index contributed by atoms with van der Waals surface area (Å²) in [5.41, 5.74) is 1.81. The van der Waals surface area contributed by atoms with Gasteiger partial charge in [-0.05, 0) is 24.6 Å². The van der Waals surface area contributed by atoms with Crippen LogP contribution in [-0.2, 0) is 30.4 Å². The molecule has 1 aliphatic heterocycles. The van der Waals surface area contributed by atoms with E-state index >= 15 is 0 Å². The van der Waals surface area contributed by atoms with Crippen LogP contribution < -0.4 is 0 Å². The summed E-state index contributed by atoms with van der Waals surface area (Å²) in [6.07, 6.45) is -1.91. The molecule has 0 saturated carbocycles. The Labute approximate surface area is 164 Å². The molecule has 0 bridgehead atoms. The van der Waals surface area contributed by atoms with E-state index in [1.165, 1.54) is 24.1 Å². The quantitative estimate of drug-likeness (QED) is 0.688. The number of nitrogens with zero attached hydrogens (tertiary/aromatic N) is 1. The molecule has 1 fully saturated rings. The third-order valence-electron chi connectivity index (χ3n) is 4.54. The van der Waals surface area contributed by atoms with Crippen LogP contribution in [-0.4, -0.2) is 51.8 Å². The topological polar surface area (TPSA) is 82.1 Å². The zero-order valence-electron chi connectivity index (χ0n) is 15.8. The summed E-state index contributed by atoms with van der Waals surface area (Å²) < 4.78 is 41.1. The summed E-state index contributed by atoms with van der Waals surface area (Å²) in [6.45, 7) is 2.27. The summed E-state index contributed by atoms with van der Waals surface area (Å²) in [5, 5.41) is 0. The van der Waals surface area contributed by atoms with Gasteiger partial charge in [0.2, 0.25) is 0 Å². The van der Waals surface area contributed by atoms with Crippen molar-refractivity contribution >= 4 is 16.2 Å². The van der Waals surface area contributed by atoms with Gasteiger partial charge in [-0.2, -0.15) is 8.42 Å². The zero-order valence-corrected chi connectivity index (χ0v) is 16.6. The molecule has 3 rings (SSSR count). The fraction of sp³-hybridized carbons (Fsp3) is 0.350. The standard InChI is InChI=1S/C20H23NO6S/c1-15-8-10-17(11-9-15)28(23,24)27-19-13-21(12-18(19)25-2)20(22)26-14-16-6-4-3-5-7-16/h3-11,18-19H,12-14H2,1-2H3/t18-,19-/m1/s1. The summed E-state index contributed by atoms with van der Waals surface area (Å²) in [7, 11) is -2.51. The summed E-state index contributed by atoms with van der Waals surface area (Å²) in [5.74, 6) is 0. The monoisotopic (exact) mass is 405 g/mol. The van der Waals surface area contributed by atoms with Gasteiger partial charge < -0.3 is 14.4 Å². The first kappa shape index (κ1) is 20.3. The third kappa shape index (κ3) is 4.89. The Hall–Kier alpha value is -2.42. The van der Waals surface area contributed by atoms with Crippen molar-refractivity contribution in [2.24, 2.45) is 0 Å². The molecule has 2 atom stereocenters. The summed E-state index contributed by atoms with van der Waals surface area (Å²) >= 11 is 0. The fourth-order valence-corrected chi connectivity index (χ4v) is 4.04. The molecule has 0 aliphatic carbocycles. The molecular weight excluding hydrogens is 382 g/mol. The van der Waals surface area contributed by atoms with Crippen LogP contribution in [0.25, 0.3) is 0 Å². The maximum absolute atomic E-state index is 12.5. The second-order valence-electron chi connectivity index (χ2n) is 6.62. The molecule has 150 valence electrons. The molecule has 2 aromatic carbocycles. The Bertz CT molecular complexity index is 898. The Kier molecular flexibility index (Phi) is 6.33.